The van der Waals surface area contributed by atoms with E-state index < -0.39 is 0 Å². The minimum Gasteiger partial charge on any atom is -0.322 e. The van der Waals surface area contributed by atoms with Crippen LogP contribution < -0.4 is 5.56 Å². The van der Waals surface area contributed by atoms with E-state index in [1.54, 1.807) is 0 Å². The third-order valence-electron chi connectivity index (χ3n) is 2.66. The maximum atomic E-state index is 11.8. The van der Waals surface area contributed by atoms with Gasteiger partial charge in [-0.1, -0.05) is 12.1 Å². The fourth-order valence-corrected chi connectivity index (χ4v) is 1.94. The Morgan fingerprint density at radius 3 is 2.88 bits per heavy atom. The van der Waals surface area contributed by atoms with Gasteiger partial charge >= 0.3 is 0 Å². The van der Waals surface area contributed by atoms with E-state index >= 15 is 0 Å². The molecule has 3 heteroatoms. The Morgan fingerprint density at radius 1 is 1.31 bits per heavy atom. The van der Waals surface area contributed by atoms with Gasteiger partial charge in [0.25, 0.3) is 5.56 Å². The van der Waals surface area contributed by atoms with Gasteiger partial charge in [-0.2, -0.15) is 0 Å². The van der Waals surface area contributed by atoms with E-state index in [4.69, 9.17) is 11.6 Å². The summed E-state index contributed by atoms with van der Waals surface area (Å²) >= 11 is 5.63. The number of nitrogens with one attached hydrogen (secondary N) is 1. The van der Waals surface area contributed by atoms with Crippen molar-refractivity contribution >= 4 is 22.5 Å². The molecule has 0 aliphatic rings. The highest BCUT2D eigenvalue weighted by Crippen LogP contribution is 2.13. The zero-order valence-electron chi connectivity index (χ0n) is 9.22. The molecule has 0 saturated heterocycles. The van der Waals surface area contributed by atoms with Crippen molar-refractivity contribution in [3.8, 4) is 0 Å². The first-order valence-corrected chi connectivity index (χ1v) is 5.92. The summed E-state index contributed by atoms with van der Waals surface area (Å²) in [6.07, 6.45) is 1.57. The largest absolute Gasteiger partial charge is 0.322 e. The lowest BCUT2D eigenvalue weighted by Crippen LogP contribution is -2.12. The van der Waals surface area contributed by atoms with Gasteiger partial charge in [-0.25, -0.2) is 0 Å². The van der Waals surface area contributed by atoms with Crippen molar-refractivity contribution in [2.45, 2.75) is 19.8 Å². The molecule has 0 atom stereocenters. The number of benzene rings is 1. The quantitative estimate of drug-likeness (QED) is 0.816. The molecule has 1 aromatic heterocycles. The first-order valence-electron chi connectivity index (χ1n) is 5.39. The lowest BCUT2D eigenvalue weighted by Gasteiger charge is -2.03. The van der Waals surface area contributed by atoms with Gasteiger partial charge in [-0.3, -0.25) is 4.79 Å². The lowest BCUT2D eigenvalue weighted by atomic mass is 10.1. The zero-order chi connectivity index (χ0) is 11.5. The van der Waals surface area contributed by atoms with Crippen molar-refractivity contribution in [3.63, 3.8) is 0 Å². The molecule has 2 rings (SSSR count). The summed E-state index contributed by atoms with van der Waals surface area (Å²) in [4.78, 5) is 14.7. The van der Waals surface area contributed by atoms with E-state index in [0.29, 0.717) is 5.88 Å². The number of rotatable bonds is 3. The number of hydrogen-bond acceptors (Lipinski definition) is 1. The average Bonchev–Trinajstić information content (AvgIpc) is 2.26. The second kappa shape index (κ2) is 4.71. The fraction of sp³-hybridized carbons (Fsp3) is 0.308. The normalized spacial score (nSPS) is 10.9. The summed E-state index contributed by atoms with van der Waals surface area (Å²) in [5.41, 5.74) is 2.87. The van der Waals surface area contributed by atoms with E-state index in [9.17, 15) is 4.79 Å². The van der Waals surface area contributed by atoms with Gasteiger partial charge in [0.15, 0.2) is 0 Å². The standard InChI is InChI=1S/C13H14ClNO/c1-9-4-5-10-8-11(3-2-6-14)13(16)15-12(10)7-9/h4-5,7-8H,2-3,6H2,1H3,(H,15,16). The maximum Gasteiger partial charge on any atom is 0.251 e. The number of fused-ring (bicyclic) bond motifs is 1. The van der Waals surface area contributed by atoms with Crippen molar-refractivity contribution in [3.05, 3.63) is 45.7 Å². The maximum absolute atomic E-state index is 11.8. The molecule has 0 fully saturated rings. The lowest BCUT2D eigenvalue weighted by molar-refractivity contribution is 0.912. The topological polar surface area (TPSA) is 32.9 Å². The van der Waals surface area contributed by atoms with Crippen LogP contribution in [-0.2, 0) is 6.42 Å². The Balaban J connectivity index is 2.50. The van der Waals surface area contributed by atoms with E-state index in [0.717, 1.165) is 34.9 Å². The second-order valence-corrected chi connectivity index (χ2v) is 4.38. The predicted octanol–water partition coefficient (Wildman–Crippen LogP) is 3.01. The Hall–Kier alpha value is -1.28. The molecule has 0 spiro atoms. The van der Waals surface area contributed by atoms with Gasteiger partial charge in [0.2, 0.25) is 0 Å². The molecule has 0 unspecified atom stereocenters. The number of aromatic nitrogens is 1. The van der Waals surface area contributed by atoms with Crippen molar-refractivity contribution in [2.24, 2.45) is 0 Å². The van der Waals surface area contributed by atoms with Crippen LogP contribution in [0.5, 0.6) is 0 Å². The van der Waals surface area contributed by atoms with Crippen LogP contribution in [0.25, 0.3) is 10.9 Å². The third kappa shape index (κ3) is 2.27. The molecule has 0 bridgehead atoms. The molecular weight excluding hydrogens is 222 g/mol. The SMILES string of the molecule is Cc1ccc2cc(CCCCl)c(=O)[nH]c2c1. The van der Waals surface area contributed by atoms with Gasteiger partial charge in [-0.05, 0) is 42.8 Å². The van der Waals surface area contributed by atoms with Gasteiger partial charge < -0.3 is 4.98 Å². The van der Waals surface area contributed by atoms with Crippen molar-refractivity contribution in [2.75, 3.05) is 5.88 Å². The number of halogens is 1. The molecule has 0 aliphatic carbocycles. The predicted molar refractivity (Wildman–Crippen MR) is 68.3 cm³/mol. The van der Waals surface area contributed by atoms with Crippen LogP contribution >= 0.6 is 11.6 Å². The van der Waals surface area contributed by atoms with Crippen molar-refractivity contribution < 1.29 is 0 Å². The summed E-state index contributed by atoms with van der Waals surface area (Å²) in [5.74, 6) is 0.589. The monoisotopic (exact) mass is 235 g/mol. The van der Waals surface area contributed by atoms with Gasteiger partial charge in [0.1, 0.15) is 0 Å². The summed E-state index contributed by atoms with van der Waals surface area (Å²) in [6.45, 7) is 2.01. The van der Waals surface area contributed by atoms with E-state index in [1.807, 2.05) is 31.2 Å². The minimum atomic E-state index is 0.00298. The van der Waals surface area contributed by atoms with Gasteiger partial charge in [-0.15, -0.1) is 11.6 Å². The van der Waals surface area contributed by atoms with Crippen LogP contribution in [0.1, 0.15) is 17.5 Å². The van der Waals surface area contributed by atoms with E-state index in [1.165, 1.54) is 0 Å². The van der Waals surface area contributed by atoms with Crippen LogP contribution in [0, 0.1) is 6.92 Å². The molecule has 2 aromatic rings. The highest BCUT2D eigenvalue weighted by atomic mass is 35.5. The summed E-state index contributed by atoms with van der Waals surface area (Å²) < 4.78 is 0. The number of aryl methyl sites for hydroxylation is 2. The molecule has 0 saturated carbocycles. The summed E-state index contributed by atoms with van der Waals surface area (Å²) in [5, 5.41) is 1.08. The van der Waals surface area contributed by atoms with E-state index in [-0.39, 0.29) is 5.56 Å². The molecule has 0 aliphatic heterocycles. The van der Waals surface area contributed by atoms with Crippen LogP contribution in [0.4, 0.5) is 0 Å². The number of pyridine rings is 1. The van der Waals surface area contributed by atoms with Crippen LogP contribution in [-0.4, -0.2) is 10.9 Å². The third-order valence-corrected chi connectivity index (χ3v) is 2.93. The molecule has 0 amide bonds. The summed E-state index contributed by atoms with van der Waals surface area (Å²) in [7, 11) is 0. The molecule has 2 nitrogen and oxygen atoms in total. The molecular formula is C13H14ClNO. The zero-order valence-corrected chi connectivity index (χ0v) is 9.97. The fourth-order valence-electron chi connectivity index (χ4n) is 1.80. The Bertz CT molecular complexity index is 559. The van der Waals surface area contributed by atoms with Crippen LogP contribution in [0.2, 0.25) is 0 Å². The average molecular weight is 236 g/mol. The van der Waals surface area contributed by atoms with E-state index in [2.05, 4.69) is 4.98 Å². The van der Waals surface area contributed by atoms with Crippen molar-refractivity contribution in [1.82, 2.24) is 4.98 Å². The molecule has 0 radical (unpaired) electrons. The Kier molecular flexibility index (Phi) is 3.30. The summed E-state index contributed by atoms with van der Waals surface area (Å²) in [6, 6.07) is 8.03. The highest BCUT2D eigenvalue weighted by Gasteiger charge is 2.02. The molecule has 16 heavy (non-hydrogen) atoms. The number of aromatic amines is 1. The number of alkyl halides is 1. The second-order valence-electron chi connectivity index (χ2n) is 4.01. The molecule has 84 valence electrons. The Morgan fingerprint density at radius 2 is 2.12 bits per heavy atom. The molecule has 1 N–H and O–H groups in total. The first kappa shape index (κ1) is 11.2. The number of hydrogen-bond donors (Lipinski definition) is 1. The Labute approximate surface area is 99.3 Å². The van der Waals surface area contributed by atoms with Crippen LogP contribution in [0.3, 0.4) is 0 Å². The van der Waals surface area contributed by atoms with Crippen LogP contribution in [0.15, 0.2) is 29.1 Å². The molecule has 1 heterocycles. The van der Waals surface area contributed by atoms with Gasteiger partial charge in [0, 0.05) is 17.0 Å². The minimum absolute atomic E-state index is 0.00298. The van der Waals surface area contributed by atoms with Gasteiger partial charge in [0.05, 0.1) is 0 Å². The smallest absolute Gasteiger partial charge is 0.251 e. The highest BCUT2D eigenvalue weighted by molar-refractivity contribution is 6.17. The first-order chi connectivity index (χ1) is 7.70. The molecule has 1 aromatic carbocycles. The van der Waals surface area contributed by atoms with Crippen molar-refractivity contribution in [1.29, 1.82) is 0 Å². The number of H-pyrrole nitrogens is 1.